The van der Waals surface area contributed by atoms with Gasteiger partial charge in [-0.1, -0.05) is 6.08 Å². The maximum atomic E-state index is 4.44. The summed E-state index contributed by atoms with van der Waals surface area (Å²) in [5, 5.41) is 7.80. The topological polar surface area (TPSA) is 42.2 Å². The van der Waals surface area contributed by atoms with Gasteiger partial charge in [0.1, 0.15) is 0 Å². The van der Waals surface area contributed by atoms with Crippen molar-refractivity contribution in [3.05, 3.63) is 41.9 Å². The summed E-state index contributed by atoms with van der Waals surface area (Å²) < 4.78 is 1.90. The SMILES string of the molecule is C=CCNC(C)c1cnc2cc(C)nn2c1C. The van der Waals surface area contributed by atoms with E-state index in [-0.39, 0.29) is 6.04 Å². The standard InChI is InChI=1S/C13H18N4/c1-5-6-14-10(3)12-8-15-13-7-9(2)16-17(13)11(12)4/h5,7-8,10,14H,1,6H2,2-4H3. The van der Waals surface area contributed by atoms with Crippen LogP contribution in [0.15, 0.2) is 24.9 Å². The molecule has 2 aromatic rings. The first-order chi connectivity index (χ1) is 8.13. The molecule has 0 aliphatic rings. The molecule has 0 spiro atoms. The minimum atomic E-state index is 0.245. The van der Waals surface area contributed by atoms with E-state index in [1.165, 1.54) is 5.56 Å². The molecule has 2 aromatic heterocycles. The van der Waals surface area contributed by atoms with Gasteiger partial charge < -0.3 is 5.32 Å². The molecule has 0 aromatic carbocycles. The Labute approximate surface area is 101 Å². The number of nitrogens with zero attached hydrogens (tertiary/aromatic N) is 3. The fourth-order valence-corrected chi connectivity index (χ4v) is 1.97. The molecule has 0 aliphatic heterocycles. The molecule has 1 unspecified atom stereocenters. The highest BCUT2D eigenvalue weighted by Gasteiger charge is 2.11. The average Bonchev–Trinajstić information content (AvgIpc) is 2.68. The zero-order valence-electron chi connectivity index (χ0n) is 10.6. The first-order valence-electron chi connectivity index (χ1n) is 5.79. The van der Waals surface area contributed by atoms with Crippen molar-refractivity contribution in [1.82, 2.24) is 19.9 Å². The molecule has 0 bridgehead atoms. The maximum Gasteiger partial charge on any atom is 0.155 e. The lowest BCUT2D eigenvalue weighted by Crippen LogP contribution is -2.20. The lowest BCUT2D eigenvalue weighted by Gasteiger charge is -2.15. The zero-order valence-corrected chi connectivity index (χ0v) is 10.6. The molecule has 0 saturated carbocycles. The van der Waals surface area contributed by atoms with Gasteiger partial charge in [0.25, 0.3) is 0 Å². The van der Waals surface area contributed by atoms with Crippen LogP contribution in [0.5, 0.6) is 0 Å². The predicted molar refractivity (Wildman–Crippen MR) is 69.1 cm³/mol. The van der Waals surface area contributed by atoms with E-state index in [1.54, 1.807) is 0 Å². The first kappa shape index (κ1) is 11.8. The van der Waals surface area contributed by atoms with Crippen molar-refractivity contribution < 1.29 is 0 Å². The second kappa shape index (κ2) is 4.67. The van der Waals surface area contributed by atoms with E-state index in [0.29, 0.717) is 0 Å². The molecule has 0 aliphatic carbocycles. The Morgan fingerprint density at radius 3 is 3.00 bits per heavy atom. The first-order valence-corrected chi connectivity index (χ1v) is 5.79. The molecule has 0 fully saturated rings. The van der Waals surface area contributed by atoms with Crippen LogP contribution >= 0.6 is 0 Å². The molecule has 2 rings (SSSR count). The van der Waals surface area contributed by atoms with E-state index in [0.717, 1.165) is 23.6 Å². The average molecular weight is 230 g/mol. The lowest BCUT2D eigenvalue weighted by molar-refractivity contribution is 0.604. The van der Waals surface area contributed by atoms with Crippen LogP contribution in [0.4, 0.5) is 0 Å². The smallest absolute Gasteiger partial charge is 0.155 e. The Bertz CT molecular complexity index is 542. The molecular formula is C13H18N4. The van der Waals surface area contributed by atoms with E-state index in [9.17, 15) is 0 Å². The molecule has 0 amide bonds. The number of fused-ring (bicyclic) bond motifs is 1. The second-order valence-corrected chi connectivity index (χ2v) is 4.27. The van der Waals surface area contributed by atoms with Gasteiger partial charge >= 0.3 is 0 Å². The van der Waals surface area contributed by atoms with Crippen molar-refractivity contribution >= 4 is 5.65 Å². The molecule has 2 heterocycles. The summed E-state index contributed by atoms with van der Waals surface area (Å²) in [7, 11) is 0. The highest BCUT2D eigenvalue weighted by molar-refractivity contribution is 5.42. The van der Waals surface area contributed by atoms with Crippen LogP contribution in [0.3, 0.4) is 0 Å². The Balaban J connectivity index is 2.40. The fourth-order valence-electron chi connectivity index (χ4n) is 1.97. The van der Waals surface area contributed by atoms with Gasteiger partial charge in [-0.3, -0.25) is 0 Å². The Kier molecular flexibility index (Phi) is 3.24. The van der Waals surface area contributed by atoms with E-state index >= 15 is 0 Å². The molecule has 0 radical (unpaired) electrons. The zero-order chi connectivity index (χ0) is 12.4. The number of hydrogen-bond acceptors (Lipinski definition) is 3. The summed E-state index contributed by atoms with van der Waals surface area (Å²) >= 11 is 0. The maximum absolute atomic E-state index is 4.44. The number of aromatic nitrogens is 3. The van der Waals surface area contributed by atoms with Gasteiger partial charge in [0.2, 0.25) is 0 Å². The van der Waals surface area contributed by atoms with E-state index < -0.39 is 0 Å². The van der Waals surface area contributed by atoms with Gasteiger partial charge in [-0.05, 0) is 20.8 Å². The van der Waals surface area contributed by atoms with Crippen molar-refractivity contribution in [1.29, 1.82) is 0 Å². The van der Waals surface area contributed by atoms with Crippen LogP contribution in [-0.2, 0) is 0 Å². The highest BCUT2D eigenvalue weighted by Crippen LogP contribution is 2.17. The minimum absolute atomic E-state index is 0.245. The number of hydrogen-bond donors (Lipinski definition) is 1. The van der Waals surface area contributed by atoms with Crippen molar-refractivity contribution in [2.45, 2.75) is 26.8 Å². The van der Waals surface area contributed by atoms with Gasteiger partial charge in [0.05, 0.1) is 5.69 Å². The van der Waals surface area contributed by atoms with Crippen LogP contribution in [0, 0.1) is 13.8 Å². The molecule has 0 saturated heterocycles. The van der Waals surface area contributed by atoms with Crippen molar-refractivity contribution in [2.75, 3.05) is 6.54 Å². The number of nitrogens with one attached hydrogen (secondary N) is 1. The van der Waals surface area contributed by atoms with Crippen LogP contribution in [0.25, 0.3) is 5.65 Å². The predicted octanol–water partition coefficient (Wildman–Crippen LogP) is 2.18. The Morgan fingerprint density at radius 1 is 1.53 bits per heavy atom. The van der Waals surface area contributed by atoms with Crippen molar-refractivity contribution in [3.63, 3.8) is 0 Å². The van der Waals surface area contributed by atoms with E-state index in [4.69, 9.17) is 0 Å². The van der Waals surface area contributed by atoms with Crippen LogP contribution in [-0.4, -0.2) is 21.1 Å². The third-order valence-electron chi connectivity index (χ3n) is 2.92. The summed E-state index contributed by atoms with van der Waals surface area (Å²) in [5.41, 5.74) is 4.19. The molecule has 90 valence electrons. The third kappa shape index (κ3) is 2.22. The molecule has 4 heteroatoms. The van der Waals surface area contributed by atoms with Crippen molar-refractivity contribution in [2.24, 2.45) is 0 Å². The normalized spacial score (nSPS) is 12.9. The second-order valence-electron chi connectivity index (χ2n) is 4.27. The van der Waals surface area contributed by atoms with Gasteiger partial charge in [0.15, 0.2) is 5.65 Å². The summed E-state index contributed by atoms with van der Waals surface area (Å²) in [6.45, 7) is 10.7. The number of rotatable bonds is 4. The van der Waals surface area contributed by atoms with E-state index in [2.05, 4.69) is 35.8 Å². The monoisotopic (exact) mass is 230 g/mol. The summed E-state index contributed by atoms with van der Waals surface area (Å²) in [4.78, 5) is 4.43. The molecule has 17 heavy (non-hydrogen) atoms. The molecule has 1 N–H and O–H groups in total. The Hall–Kier alpha value is -1.68. The molecular weight excluding hydrogens is 212 g/mol. The summed E-state index contributed by atoms with van der Waals surface area (Å²) in [5.74, 6) is 0. The van der Waals surface area contributed by atoms with Crippen molar-refractivity contribution in [3.8, 4) is 0 Å². The fraction of sp³-hybridized carbons (Fsp3) is 0.385. The van der Waals surface area contributed by atoms with Gasteiger partial charge in [-0.15, -0.1) is 6.58 Å². The number of aryl methyl sites for hydroxylation is 2. The summed E-state index contributed by atoms with van der Waals surface area (Å²) in [6.07, 6.45) is 3.78. The third-order valence-corrected chi connectivity index (χ3v) is 2.92. The van der Waals surface area contributed by atoms with Crippen LogP contribution in [0.2, 0.25) is 0 Å². The van der Waals surface area contributed by atoms with Crippen LogP contribution in [0.1, 0.15) is 29.9 Å². The Morgan fingerprint density at radius 2 is 2.29 bits per heavy atom. The van der Waals surface area contributed by atoms with Gasteiger partial charge in [-0.25, -0.2) is 9.50 Å². The van der Waals surface area contributed by atoms with Crippen LogP contribution < -0.4 is 5.32 Å². The quantitative estimate of drug-likeness (QED) is 0.819. The van der Waals surface area contributed by atoms with Gasteiger partial charge in [-0.2, -0.15) is 5.10 Å². The highest BCUT2D eigenvalue weighted by atomic mass is 15.3. The molecule has 4 nitrogen and oxygen atoms in total. The lowest BCUT2D eigenvalue weighted by atomic mass is 10.1. The molecule has 1 atom stereocenters. The largest absolute Gasteiger partial charge is 0.307 e. The van der Waals surface area contributed by atoms with Gasteiger partial charge in [0, 0.05) is 36.1 Å². The minimum Gasteiger partial charge on any atom is -0.307 e. The van der Waals surface area contributed by atoms with E-state index in [1.807, 2.05) is 29.8 Å². The summed E-state index contributed by atoms with van der Waals surface area (Å²) in [6, 6.07) is 2.23.